The van der Waals surface area contributed by atoms with E-state index in [2.05, 4.69) is 17.2 Å². The average Bonchev–Trinajstić information content (AvgIpc) is 2.78. The van der Waals surface area contributed by atoms with Gasteiger partial charge in [0.15, 0.2) is 0 Å². The molecule has 0 bridgehead atoms. The average molecular weight is 315 g/mol. The number of benzene rings is 1. The molecule has 1 aliphatic rings. The first-order chi connectivity index (χ1) is 10.6. The maximum Gasteiger partial charge on any atom is 0.338 e. The number of hydrogen-bond donors (Lipinski definition) is 2. The summed E-state index contributed by atoms with van der Waals surface area (Å²) >= 11 is 0. The molecule has 1 aliphatic heterocycles. The molecule has 0 aromatic heterocycles. The van der Waals surface area contributed by atoms with Gasteiger partial charge in [-0.1, -0.05) is 26.7 Å². The van der Waals surface area contributed by atoms with Crippen LogP contribution in [0, 0.1) is 17.3 Å². The molecular formula is C18H21NO4. The Balaban J connectivity index is 2.22. The molecule has 1 amide bonds. The summed E-state index contributed by atoms with van der Waals surface area (Å²) in [5.74, 6) is 4.29. The maximum atomic E-state index is 12.5. The zero-order valence-electron chi connectivity index (χ0n) is 13.8. The highest BCUT2D eigenvalue weighted by Crippen LogP contribution is 2.29. The van der Waals surface area contributed by atoms with Crippen LogP contribution >= 0.6 is 0 Å². The van der Waals surface area contributed by atoms with Crippen LogP contribution in [0.1, 0.15) is 50.0 Å². The number of hydrogen-bond acceptors (Lipinski definition) is 4. The summed E-state index contributed by atoms with van der Waals surface area (Å²) in [5, 5.41) is 13.3. The van der Waals surface area contributed by atoms with Crippen molar-refractivity contribution in [3.8, 4) is 11.8 Å². The summed E-state index contributed by atoms with van der Waals surface area (Å²) in [6.45, 7) is 7.57. The van der Waals surface area contributed by atoms with E-state index in [1.807, 2.05) is 20.8 Å². The summed E-state index contributed by atoms with van der Waals surface area (Å²) in [5.41, 5.74) is -0.320. The molecule has 1 unspecified atom stereocenters. The van der Waals surface area contributed by atoms with E-state index in [0.29, 0.717) is 16.8 Å². The largest absolute Gasteiger partial charge is 0.457 e. The number of anilines is 1. The van der Waals surface area contributed by atoms with Crippen LogP contribution in [0.3, 0.4) is 0 Å². The highest BCUT2D eigenvalue weighted by Gasteiger charge is 2.38. The summed E-state index contributed by atoms with van der Waals surface area (Å²) in [4.78, 5) is 23.9. The molecule has 0 saturated carbocycles. The van der Waals surface area contributed by atoms with E-state index in [-0.39, 0.29) is 24.4 Å². The second-order valence-electron chi connectivity index (χ2n) is 6.87. The molecule has 0 fully saturated rings. The third-order valence-electron chi connectivity index (χ3n) is 3.44. The van der Waals surface area contributed by atoms with Crippen molar-refractivity contribution in [2.75, 3.05) is 5.32 Å². The van der Waals surface area contributed by atoms with E-state index in [0.717, 1.165) is 0 Å². The molecule has 5 heteroatoms. The minimum atomic E-state index is -1.77. The Bertz CT molecular complexity index is 706. The number of ether oxygens (including phenoxy) is 1. The van der Waals surface area contributed by atoms with E-state index < -0.39 is 11.5 Å². The van der Waals surface area contributed by atoms with Gasteiger partial charge in [0.25, 0.3) is 5.91 Å². The monoisotopic (exact) mass is 315 g/mol. The van der Waals surface area contributed by atoms with Gasteiger partial charge in [-0.15, -0.1) is 5.92 Å². The second-order valence-corrected chi connectivity index (χ2v) is 6.87. The molecule has 1 heterocycles. The first-order valence-electron chi connectivity index (χ1n) is 7.42. The van der Waals surface area contributed by atoms with Crippen molar-refractivity contribution in [3.63, 3.8) is 0 Å². The van der Waals surface area contributed by atoms with Crippen LogP contribution in [0.2, 0.25) is 0 Å². The van der Waals surface area contributed by atoms with E-state index in [9.17, 15) is 14.7 Å². The van der Waals surface area contributed by atoms with Gasteiger partial charge in [0.05, 0.1) is 5.56 Å². The fourth-order valence-electron chi connectivity index (χ4n) is 2.60. The Hall–Kier alpha value is -2.32. The number of amides is 1. The Kier molecular flexibility index (Phi) is 4.49. The molecule has 0 radical (unpaired) electrons. The minimum absolute atomic E-state index is 0.193. The van der Waals surface area contributed by atoms with Gasteiger partial charge in [-0.2, -0.15) is 0 Å². The lowest BCUT2D eigenvalue weighted by atomic mass is 9.81. The molecule has 0 aliphatic carbocycles. The summed E-state index contributed by atoms with van der Waals surface area (Å²) < 4.78 is 4.93. The second kappa shape index (κ2) is 6.05. The van der Waals surface area contributed by atoms with Crippen LogP contribution < -0.4 is 5.32 Å². The maximum absolute atomic E-state index is 12.5. The summed E-state index contributed by atoms with van der Waals surface area (Å²) in [6, 6.07) is 4.89. The van der Waals surface area contributed by atoms with Crippen molar-refractivity contribution in [1.82, 2.24) is 0 Å². The highest BCUT2D eigenvalue weighted by molar-refractivity contribution is 6.00. The predicted octanol–water partition coefficient (Wildman–Crippen LogP) is 2.49. The summed E-state index contributed by atoms with van der Waals surface area (Å²) in [7, 11) is 0. The van der Waals surface area contributed by atoms with Gasteiger partial charge in [0, 0.05) is 17.7 Å². The number of cyclic esters (lactones) is 1. The quantitative estimate of drug-likeness (QED) is 0.664. The Morgan fingerprint density at radius 3 is 2.70 bits per heavy atom. The molecule has 0 spiro atoms. The zero-order chi connectivity index (χ0) is 17.3. The number of esters is 1. The van der Waals surface area contributed by atoms with E-state index in [1.54, 1.807) is 25.1 Å². The Morgan fingerprint density at radius 2 is 2.09 bits per heavy atom. The van der Waals surface area contributed by atoms with Crippen LogP contribution in [0.5, 0.6) is 0 Å². The van der Waals surface area contributed by atoms with Gasteiger partial charge < -0.3 is 15.2 Å². The number of carbonyl (C=O) groups excluding carboxylic acids is 2. The molecule has 2 rings (SSSR count). The van der Waals surface area contributed by atoms with Gasteiger partial charge in [-0.05, 0) is 30.5 Å². The van der Waals surface area contributed by atoms with Crippen molar-refractivity contribution >= 4 is 17.6 Å². The molecule has 122 valence electrons. The van der Waals surface area contributed by atoms with E-state index in [4.69, 9.17) is 4.74 Å². The molecule has 1 aromatic rings. The van der Waals surface area contributed by atoms with Crippen molar-refractivity contribution in [1.29, 1.82) is 0 Å². The number of carbonyl (C=O) groups is 2. The number of aliphatic hydroxyl groups is 1. The Labute approximate surface area is 136 Å². The lowest BCUT2D eigenvalue weighted by Gasteiger charge is -2.29. The molecule has 23 heavy (non-hydrogen) atoms. The lowest BCUT2D eigenvalue weighted by molar-refractivity contribution is -0.131. The highest BCUT2D eigenvalue weighted by atomic mass is 16.5. The van der Waals surface area contributed by atoms with Gasteiger partial charge in [-0.3, -0.25) is 4.79 Å². The molecular weight excluding hydrogens is 294 g/mol. The van der Waals surface area contributed by atoms with Crippen LogP contribution in [0.15, 0.2) is 18.2 Å². The SMILES string of the molecule is CC#CC(O)(CC(C)(C)C)C(=O)Nc1ccc2c(c1)COC2=O. The van der Waals surface area contributed by atoms with Crippen molar-refractivity contribution in [2.45, 2.75) is 46.3 Å². The van der Waals surface area contributed by atoms with Crippen LogP contribution in [0.25, 0.3) is 0 Å². The van der Waals surface area contributed by atoms with Crippen LogP contribution in [-0.4, -0.2) is 22.6 Å². The van der Waals surface area contributed by atoms with Crippen LogP contribution in [0.4, 0.5) is 5.69 Å². The van der Waals surface area contributed by atoms with E-state index in [1.165, 1.54) is 0 Å². The van der Waals surface area contributed by atoms with Crippen molar-refractivity contribution in [3.05, 3.63) is 29.3 Å². The first-order valence-corrected chi connectivity index (χ1v) is 7.42. The Morgan fingerprint density at radius 1 is 1.39 bits per heavy atom. The topological polar surface area (TPSA) is 75.6 Å². The molecule has 2 N–H and O–H groups in total. The molecule has 1 aromatic carbocycles. The van der Waals surface area contributed by atoms with Gasteiger partial charge in [-0.25, -0.2) is 4.79 Å². The normalized spacial score (nSPS) is 15.8. The van der Waals surface area contributed by atoms with Gasteiger partial charge >= 0.3 is 5.97 Å². The smallest absolute Gasteiger partial charge is 0.338 e. The number of rotatable bonds is 3. The fourth-order valence-corrected chi connectivity index (χ4v) is 2.60. The van der Waals surface area contributed by atoms with Crippen molar-refractivity contribution in [2.24, 2.45) is 5.41 Å². The lowest BCUT2D eigenvalue weighted by Crippen LogP contribution is -2.44. The number of fused-ring (bicyclic) bond motifs is 1. The molecule has 0 saturated heterocycles. The third kappa shape index (κ3) is 3.91. The first kappa shape index (κ1) is 17.0. The molecule has 5 nitrogen and oxygen atoms in total. The van der Waals surface area contributed by atoms with E-state index >= 15 is 0 Å². The predicted molar refractivity (Wildman–Crippen MR) is 86.7 cm³/mol. The van der Waals surface area contributed by atoms with Crippen molar-refractivity contribution < 1.29 is 19.4 Å². The van der Waals surface area contributed by atoms with Gasteiger partial charge in [0.1, 0.15) is 6.61 Å². The minimum Gasteiger partial charge on any atom is -0.457 e. The van der Waals surface area contributed by atoms with Crippen LogP contribution in [-0.2, 0) is 16.1 Å². The fraction of sp³-hybridized carbons (Fsp3) is 0.444. The third-order valence-corrected chi connectivity index (χ3v) is 3.44. The zero-order valence-corrected chi connectivity index (χ0v) is 13.8. The number of nitrogens with one attached hydrogen (secondary N) is 1. The standard InChI is InChI=1S/C18H21NO4/c1-5-8-18(22,11-17(2,3)4)16(21)19-13-6-7-14-12(9-13)10-23-15(14)20/h6-7,9,22H,10-11H2,1-4H3,(H,19,21). The van der Waals surface area contributed by atoms with Gasteiger partial charge in [0.2, 0.25) is 5.60 Å². The molecule has 1 atom stereocenters. The summed E-state index contributed by atoms with van der Waals surface area (Å²) in [6.07, 6.45) is 0.208.